The maximum atomic E-state index is 6.17. The minimum Gasteiger partial charge on any atom is -0.327 e. The molecule has 4 atom stereocenters. The molecule has 1 heterocycles. The molecule has 1 aliphatic carbocycles. The fraction of sp³-hybridized carbons (Fsp3) is 0.714. The number of thiophene rings is 1. The summed E-state index contributed by atoms with van der Waals surface area (Å²) in [5.74, 6) is 0.901. The zero-order valence-electron chi connectivity index (χ0n) is 10.8. The van der Waals surface area contributed by atoms with E-state index in [1.54, 1.807) is 0 Å². The van der Waals surface area contributed by atoms with Crippen molar-refractivity contribution in [2.75, 3.05) is 0 Å². The molecule has 2 rings (SSSR count). The summed E-state index contributed by atoms with van der Waals surface area (Å²) < 4.78 is 0. The molecule has 3 heteroatoms. The Hall–Kier alpha value is 0.01000. The van der Waals surface area contributed by atoms with Crippen LogP contribution < -0.4 is 5.73 Å². The van der Waals surface area contributed by atoms with Gasteiger partial charge in [-0.15, -0.1) is 23.1 Å². The van der Waals surface area contributed by atoms with Gasteiger partial charge in [0.2, 0.25) is 0 Å². The molecule has 1 fully saturated rings. The van der Waals surface area contributed by atoms with Crippen molar-refractivity contribution < 1.29 is 0 Å². The molecular formula is C14H23NS2. The van der Waals surface area contributed by atoms with Crippen LogP contribution in [0.3, 0.4) is 0 Å². The summed E-state index contributed by atoms with van der Waals surface area (Å²) in [6.45, 7) is 4.53. The van der Waals surface area contributed by atoms with E-state index in [0.717, 1.165) is 11.2 Å². The second kappa shape index (κ2) is 6.26. The lowest BCUT2D eigenvalue weighted by atomic mass is 9.91. The van der Waals surface area contributed by atoms with Crippen molar-refractivity contribution in [2.24, 2.45) is 11.7 Å². The van der Waals surface area contributed by atoms with Gasteiger partial charge in [0.05, 0.1) is 5.25 Å². The highest BCUT2D eigenvalue weighted by Crippen LogP contribution is 2.42. The number of rotatable bonds is 4. The first kappa shape index (κ1) is 13.4. The van der Waals surface area contributed by atoms with E-state index >= 15 is 0 Å². The quantitative estimate of drug-likeness (QED) is 0.874. The highest BCUT2D eigenvalue weighted by atomic mass is 32.2. The topological polar surface area (TPSA) is 26.0 Å². The minimum atomic E-state index is 0.246. The van der Waals surface area contributed by atoms with Crippen LogP contribution in [0.25, 0.3) is 0 Å². The maximum Gasteiger partial charge on any atom is 0.0542 e. The van der Waals surface area contributed by atoms with Crippen LogP contribution in [0.2, 0.25) is 0 Å². The SMILES string of the molecule is CC1CCCC(SC(c2cccs2)C(C)N)C1. The summed E-state index contributed by atoms with van der Waals surface area (Å²) >= 11 is 3.97. The summed E-state index contributed by atoms with van der Waals surface area (Å²) in [4.78, 5) is 1.45. The summed E-state index contributed by atoms with van der Waals surface area (Å²) in [5.41, 5.74) is 6.17. The van der Waals surface area contributed by atoms with Gasteiger partial charge in [-0.2, -0.15) is 0 Å². The molecule has 2 N–H and O–H groups in total. The standard InChI is InChI=1S/C14H23NS2/c1-10-5-3-6-12(9-10)17-14(11(2)15)13-7-4-8-16-13/h4,7-8,10-12,14H,3,5-6,9,15H2,1-2H3. The summed E-state index contributed by atoms with van der Waals surface area (Å²) in [5, 5.41) is 3.47. The molecule has 0 saturated heterocycles. The largest absolute Gasteiger partial charge is 0.327 e. The molecule has 0 aliphatic heterocycles. The van der Waals surface area contributed by atoms with E-state index in [1.807, 2.05) is 11.3 Å². The highest BCUT2D eigenvalue weighted by molar-refractivity contribution is 8.00. The second-order valence-corrected chi connectivity index (χ2v) is 7.75. The van der Waals surface area contributed by atoms with Gasteiger partial charge in [-0.05, 0) is 37.1 Å². The summed E-state index contributed by atoms with van der Waals surface area (Å²) in [6, 6.07) is 4.62. The molecule has 1 nitrogen and oxygen atoms in total. The van der Waals surface area contributed by atoms with Crippen molar-refractivity contribution in [3.63, 3.8) is 0 Å². The number of thioether (sulfide) groups is 1. The van der Waals surface area contributed by atoms with Gasteiger partial charge in [0, 0.05) is 16.2 Å². The molecule has 1 aromatic rings. The van der Waals surface area contributed by atoms with E-state index in [4.69, 9.17) is 5.73 Å². The van der Waals surface area contributed by atoms with E-state index in [-0.39, 0.29) is 6.04 Å². The zero-order chi connectivity index (χ0) is 12.3. The Bertz CT molecular complexity index is 321. The third kappa shape index (κ3) is 3.73. The van der Waals surface area contributed by atoms with E-state index in [1.165, 1.54) is 30.6 Å². The van der Waals surface area contributed by atoms with Crippen LogP contribution >= 0.6 is 23.1 Å². The van der Waals surface area contributed by atoms with Crippen molar-refractivity contribution in [2.45, 2.75) is 56.1 Å². The average Bonchev–Trinajstić information content (AvgIpc) is 2.78. The number of nitrogens with two attached hydrogens (primary N) is 1. The lowest BCUT2D eigenvalue weighted by Crippen LogP contribution is -2.25. The highest BCUT2D eigenvalue weighted by Gasteiger charge is 2.26. The van der Waals surface area contributed by atoms with Crippen molar-refractivity contribution >= 4 is 23.1 Å². The van der Waals surface area contributed by atoms with Gasteiger partial charge < -0.3 is 5.73 Å². The zero-order valence-corrected chi connectivity index (χ0v) is 12.4. The molecule has 0 spiro atoms. The van der Waals surface area contributed by atoms with E-state index in [2.05, 4.69) is 43.1 Å². The predicted molar refractivity (Wildman–Crippen MR) is 79.7 cm³/mol. The van der Waals surface area contributed by atoms with Crippen LogP contribution in [-0.2, 0) is 0 Å². The second-order valence-electron chi connectivity index (χ2n) is 5.33. The average molecular weight is 269 g/mol. The fourth-order valence-corrected chi connectivity index (χ4v) is 5.38. The van der Waals surface area contributed by atoms with Crippen molar-refractivity contribution in [3.8, 4) is 0 Å². The van der Waals surface area contributed by atoms with Crippen LogP contribution in [0.1, 0.15) is 49.7 Å². The Kier molecular flexibility index (Phi) is 4.95. The van der Waals surface area contributed by atoms with Crippen LogP contribution in [-0.4, -0.2) is 11.3 Å². The molecule has 0 bridgehead atoms. The van der Waals surface area contributed by atoms with Crippen LogP contribution in [0.5, 0.6) is 0 Å². The fourth-order valence-electron chi connectivity index (χ4n) is 2.61. The molecular weight excluding hydrogens is 246 g/mol. The smallest absolute Gasteiger partial charge is 0.0542 e. The summed E-state index contributed by atoms with van der Waals surface area (Å²) in [7, 11) is 0. The van der Waals surface area contributed by atoms with Crippen molar-refractivity contribution in [3.05, 3.63) is 22.4 Å². The Labute approximate surface area is 113 Å². The normalized spacial score (nSPS) is 28.9. The Balaban J connectivity index is 1.98. The van der Waals surface area contributed by atoms with Crippen molar-refractivity contribution in [1.29, 1.82) is 0 Å². The molecule has 1 saturated carbocycles. The van der Waals surface area contributed by atoms with Gasteiger partial charge in [-0.3, -0.25) is 0 Å². The molecule has 4 unspecified atom stereocenters. The van der Waals surface area contributed by atoms with Crippen LogP contribution in [0.15, 0.2) is 17.5 Å². The first-order chi connectivity index (χ1) is 8.16. The molecule has 1 aliphatic rings. The monoisotopic (exact) mass is 269 g/mol. The molecule has 1 aromatic heterocycles. The van der Waals surface area contributed by atoms with Crippen LogP contribution in [0, 0.1) is 5.92 Å². The van der Waals surface area contributed by atoms with Gasteiger partial charge in [0.1, 0.15) is 0 Å². The van der Waals surface area contributed by atoms with Gasteiger partial charge in [-0.1, -0.05) is 25.8 Å². The molecule has 0 aromatic carbocycles. The van der Waals surface area contributed by atoms with Gasteiger partial charge in [0.15, 0.2) is 0 Å². The molecule has 96 valence electrons. The minimum absolute atomic E-state index is 0.246. The van der Waals surface area contributed by atoms with Crippen molar-refractivity contribution in [1.82, 2.24) is 0 Å². The van der Waals surface area contributed by atoms with Gasteiger partial charge in [-0.25, -0.2) is 0 Å². The third-order valence-electron chi connectivity index (χ3n) is 3.53. The number of hydrogen-bond acceptors (Lipinski definition) is 3. The van der Waals surface area contributed by atoms with E-state index in [9.17, 15) is 0 Å². The Morgan fingerprint density at radius 2 is 2.29 bits per heavy atom. The first-order valence-electron chi connectivity index (χ1n) is 6.61. The van der Waals surface area contributed by atoms with Gasteiger partial charge >= 0.3 is 0 Å². The van der Waals surface area contributed by atoms with E-state index in [0.29, 0.717) is 5.25 Å². The third-order valence-corrected chi connectivity index (χ3v) is 6.42. The lowest BCUT2D eigenvalue weighted by Gasteiger charge is -2.30. The predicted octanol–water partition coefficient (Wildman–Crippen LogP) is 4.45. The Morgan fingerprint density at radius 3 is 2.88 bits per heavy atom. The molecule has 17 heavy (non-hydrogen) atoms. The van der Waals surface area contributed by atoms with Crippen LogP contribution in [0.4, 0.5) is 0 Å². The first-order valence-corrected chi connectivity index (χ1v) is 8.43. The lowest BCUT2D eigenvalue weighted by molar-refractivity contribution is 0.393. The maximum absolute atomic E-state index is 6.17. The molecule has 0 radical (unpaired) electrons. The Morgan fingerprint density at radius 1 is 1.47 bits per heavy atom. The number of hydrogen-bond donors (Lipinski definition) is 1. The van der Waals surface area contributed by atoms with Gasteiger partial charge in [0.25, 0.3) is 0 Å². The van der Waals surface area contributed by atoms with E-state index < -0.39 is 0 Å². The molecule has 0 amide bonds. The summed E-state index contributed by atoms with van der Waals surface area (Å²) in [6.07, 6.45) is 5.57.